The molecule has 1 aliphatic rings. The molecule has 1 aromatic carbocycles. The third-order valence-corrected chi connectivity index (χ3v) is 2.94. The summed E-state index contributed by atoms with van der Waals surface area (Å²) in [7, 11) is 0. The highest BCUT2D eigenvalue weighted by Gasteiger charge is 2.21. The second-order valence-corrected chi connectivity index (χ2v) is 4.23. The lowest BCUT2D eigenvalue weighted by Crippen LogP contribution is -2.25. The smallest absolute Gasteiger partial charge is 0.384 e. The number of nitrogens with zero attached hydrogens (tertiary/aromatic N) is 1. The zero-order valence-electron chi connectivity index (χ0n) is 11.0. The number of fused-ring (bicyclic) bond motifs is 1. The summed E-state index contributed by atoms with van der Waals surface area (Å²) < 4.78 is 4.74. The second-order valence-electron chi connectivity index (χ2n) is 4.23. The summed E-state index contributed by atoms with van der Waals surface area (Å²) in [6.07, 6.45) is 0.823. The van der Waals surface area contributed by atoms with Crippen LogP contribution in [0.4, 0.5) is 5.69 Å². The lowest BCUT2D eigenvalue weighted by molar-refractivity contribution is -0.136. The molecule has 0 atom stereocenters. The van der Waals surface area contributed by atoms with Crippen LogP contribution in [0.3, 0.4) is 0 Å². The highest BCUT2D eigenvalue weighted by Crippen LogP contribution is 2.28. The van der Waals surface area contributed by atoms with E-state index in [0.717, 1.165) is 23.2 Å². The molecule has 0 saturated carbocycles. The van der Waals surface area contributed by atoms with Gasteiger partial charge in [0.15, 0.2) is 0 Å². The van der Waals surface area contributed by atoms with Gasteiger partial charge < -0.3 is 9.64 Å². The van der Waals surface area contributed by atoms with Crippen molar-refractivity contribution in [3.63, 3.8) is 0 Å². The molecule has 0 unspecified atom stereocenters. The first-order valence-electron chi connectivity index (χ1n) is 6.21. The molecule has 19 heavy (non-hydrogen) atoms. The summed E-state index contributed by atoms with van der Waals surface area (Å²) in [4.78, 5) is 24.3. The van der Waals surface area contributed by atoms with Gasteiger partial charge in [-0.2, -0.15) is 0 Å². The van der Waals surface area contributed by atoms with E-state index in [4.69, 9.17) is 4.74 Å². The Kier molecular flexibility index (Phi) is 3.86. The van der Waals surface area contributed by atoms with Crippen LogP contribution in [-0.2, 0) is 20.7 Å². The highest BCUT2D eigenvalue weighted by atomic mass is 16.5. The quantitative estimate of drug-likeness (QED) is 0.566. The van der Waals surface area contributed by atoms with Gasteiger partial charge >= 0.3 is 5.97 Å². The molecular weight excluding hydrogens is 242 g/mol. The predicted molar refractivity (Wildman–Crippen MR) is 71.7 cm³/mol. The normalized spacial score (nSPS) is 12.4. The third kappa shape index (κ3) is 2.94. The Hall–Kier alpha value is -2.28. The molecule has 98 valence electrons. The molecule has 0 bridgehead atoms. The molecular formula is C15H15NO3. The predicted octanol–water partition coefficient (Wildman–Crippen LogP) is 1.51. The number of anilines is 1. The van der Waals surface area contributed by atoms with Crippen molar-refractivity contribution in [2.24, 2.45) is 0 Å². The summed E-state index contributed by atoms with van der Waals surface area (Å²) in [5.74, 6) is 4.73. The maximum atomic E-state index is 11.4. The number of rotatable bonds is 1. The molecule has 1 aliphatic heterocycles. The molecule has 0 N–H and O–H groups in total. The van der Waals surface area contributed by atoms with E-state index in [1.54, 1.807) is 18.7 Å². The summed E-state index contributed by atoms with van der Waals surface area (Å²) in [5, 5.41) is 0. The number of esters is 1. The summed E-state index contributed by atoms with van der Waals surface area (Å²) in [6, 6.07) is 5.61. The molecule has 4 nitrogen and oxygen atoms in total. The van der Waals surface area contributed by atoms with Gasteiger partial charge in [0.25, 0.3) is 0 Å². The van der Waals surface area contributed by atoms with Crippen molar-refractivity contribution in [1.82, 2.24) is 0 Å². The van der Waals surface area contributed by atoms with Crippen LogP contribution in [0.15, 0.2) is 18.2 Å². The molecule has 1 heterocycles. The molecule has 0 aromatic heterocycles. The molecule has 2 rings (SSSR count). The van der Waals surface area contributed by atoms with Crippen LogP contribution < -0.4 is 4.90 Å². The maximum absolute atomic E-state index is 11.4. The lowest BCUT2D eigenvalue weighted by atomic mass is 10.1. The van der Waals surface area contributed by atoms with E-state index in [1.807, 2.05) is 18.2 Å². The molecule has 1 aromatic rings. The van der Waals surface area contributed by atoms with Crippen LogP contribution in [0.25, 0.3) is 0 Å². The van der Waals surface area contributed by atoms with Crippen molar-refractivity contribution < 1.29 is 14.3 Å². The monoisotopic (exact) mass is 257 g/mol. The molecule has 1 amide bonds. The number of hydrogen-bond donors (Lipinski definition) is 0. The van der Waals surface area contributed by atoms with Crippen molar-refractivity contribution in [2.75, 3.05) is 18.1 Å². The van der Waals surface area contributed by atoms with Crippen molar-refractivity contribution in [3.8, 4) is 11.8 Å². The minimum Gasteiger partial charge on any atom is -0.456 e. The molecule has 0 radical (unpaired) electrons. The SMILES string of the molecule is CCOC(=O)C#Cc1ccc2c(c1)CCN2C(C)=O. The number of ether oxygens (including phenoxy) is 1. The number of amides is 1. The molecule has 0 saturated heterocycles. The fourth-order valence-corrected chi connectivity index (χ4v) is 2.10. The van der Waals surface area contributed by atoms with Crippen LogP contribution in [0, 0.1) is 11.8 Å². The summed E-state index contributed by atoms with van der Waals surface area (Å²) in [5.41, 5.74) is 2.79. The Bertz CT molecular complexity index is 581. The zero-order chi connectivity index (χ0) is 13.8. The van der Waals surface area contributed by atoms with Crippen molar-refractivity contribution in [2.45, 2.75) is 20.3 Å². The Morgan fingerprint density at radius 1 is 1.42 bits per heavy atom. The molecule has 0 fully saturated rings. The van der Waals surface area contributed by atoms with Gasteiger partial charge in [-0.25, -0.2) is 4.79 Å². The standard InChI is InChI=1S/C15H15NO3/c1-3-19-15(18)7-5-12-4-6-14-13(10-12)8-9-16(14)11(2)17/h4,6,10H,3,8-9H2,1-2H3. The zero-order valence-corrected chi connectivity index (χ0v) is 11.0. The minimum absolute atomic E-state index is 0.0455. The first kappa shape index (κ1) is 13.2. The van der Waals surface area contributed by atoms with Gasteiger partial charge in [0.05, 0.1) is 6.61 Å². The molecule has 0 aliphatic carbocycles. The van der Waals surface area contributed by atoms with E-state index in [0.29, 0.717) is 13.2 Å². The Balaban J connectivity index is 2.19. The number of carbonyl (C=O) groups excluding carboxylic acids is 2. The van der Waals surface area contributed by atoms with Gasteiger partial charge in [-0.05, 0) is 37.1 Å². The topological polar surface area (TPSA) is 46.6 Å². The minimum atomic E-state index is -0.520. The lowest BCUT2D eigenvalue weighted by Gasteiger charge is -2.14. The van der Waals surface area contributed by atoms with Crippen LogP contribution >= 0.6 is 0 Å². The van der Waals surface area contributed by atoms with E-state index in [-0.39, 0.29) is 5.91 Å². The van der Waals surface area contributed by atoms with Crippen LogP contribution in [0.5, 0.6) is 0 Å². The van der Waals surface area contributed by atoms with Gasteiger partial charge in [-0.3, -0.25) is 4.79 Å². The maximum Gasteiger partial charge on any atom is 0.384 e. The van der Waals surface area contributed by atoms with Crippen LogP contribution in [0.2, 0.25) is 0 Å². The van der Waals surface area contributed by atoms with Gasteiger partial charge in [0.1, 0.15) is 0 Å². The second kappa shape index (κ2) is 5.57. The number of carbonyl (C=O) groups is 2. The Labute approximate surface area is 112 Å². The van der Waals surface area contributed by atoms with Crippen molar-refractivity contribution in [1.29, 1.82) is 0 Å². The largest absolute Gasteiger partial charge is 0.456 e. The van der Waals surface area contributed by atoms with Gasteiger partial charge in [0, 0.05) is 30.6 Å². The average Bonchev–Trinajstić information content (AvgIpc) is 2.79. The van der Waals surface area contributed by atoms with Crippen molar-refractivity contribution >= 4 is 17.6 Å². The average molecular weight is 257 g/mol. The fraction of sp³-hybridized carbons (Fsp3) is 0.333. The first-order chi connectivity index (χ1) is 9.11. The number of benzene rings is 1. The third-order valence-electron chi connectivity index (χ3n) is 2.94. The van der Waals surface area contributed by atoms with Crippen molar-refractivity contribution in [3.05, 3.63) is 29.3 Å². The fourth-order valence-electron chi connectivity index (χ4n) is 2.10. The summed E-state index contributed by atoms with van der Waals surface area (Å²) in [6.45, 7) is 4.33. The first-order valence-corrected chi connectivity index (χ1v) is 6.21. The number of hydrogen-bond acceptors (Lipinski definition) is 3. The summed E-state index contributed by atoms with van der Waals surface area (Å²) >= 11 is 0. The molecule has 0 spiro atoms. The van der Waals surface area contributed by atoms with Gasteiger partial charge in [-0.1, -0.05) is 5.92 Å². The van der Waals surface area contributed by atoms with E-state index < -0.39 is 5.97 Å². The van der Waals surface area contributed by atoms with Crippen LogP contribution in [-0.4, -0.2) is 25.0 Å². The Morgan fingerprint density at radius 3 is 2.89 bits per heavy atom. The Morgan fingerprint density at radius 2 is 2.21 bits per heavy atom. The van der Waals surface area contributed by atoms with E-state index in [2.05, 4.69) is 11.8 Å². The van der Waals surface area contributed by atoms with E-state index >= 15 is 0 Å². The van der Waals surface area contributed by atoms with E-state index in [9.17, 15) is 9.59 Å². The van der Waals surface area contributed by atoms with Gasteiger partial charge in [0.2, 0.25) is 5.91 Å². The molecule has 4 heteroatoms. The van der Waals surface area contributed by atoms with E-state index in [1.165, 1.54) is 0 Å². The highest BCUT2D eigenvalue weighted by molar-refractivity contribution is 5.94. The van der Waals surface area contributed by atoms with Gasteiger partial charge in [-0.15, -0.1) is 0 Å². The van der Waals surface area contributed by atoms with Crippen LogP contribution in [0.1, 0.15) is 25.0 Å².